The minimum Gasteiger partial charge on any atom is -0.493 e. The van der Waals surface area contributed by atoms with Gasteiger partial charge in [-0.05, 0) is 42.2 Å². The second-order valence-corrected chi connectivity index (χ2v) is 10.1. The van der Waals surface area contributed by atoms with Crippen molar-refractivity contribution < 1.29 is 19.4 Å². The van der Waals surface area contributed by atoms with Gasteiger partial charge in [0.05, 0.1) is 37.3 Å². The van der Waals surface area contributed by atoms with Crippen LogP contribution in [0.25, 0.3) is 0 Å². The van der Waals surface area contributed by atoms with E-state index in [1.807, 2.05) is 35.0 Å². The third-order valence-electron chi connectivity index (χ3n) is 7.75. The van der Waals surface area contributed by atoms with E-state index in [-0.39, 0.29) is 24.4 Å². The number of pyridine rings is 1. The zero-order valence-electron chi connectivity index (χ0n) is 21.8. The maximum Gasteiger partial charge on any atom is 0.308 e. The number of rotatable bonds is 11. The van der Waals surface area contributed by atoms with E-state index in [2.05, 4.69) is 27.9 Å². The molecule has 0 aliphatic carbocycles. The molecule has 4 heterocycles. The minimum absolute atomic E-state index is 0.0359. The topological polar surface area (TPSA) is 101 Å². The minimum atomic E-state index is -0.826. The molecule has 3 atom stereocenters. The summed E-state index contributed by atoms with van der Waals surface area (Å²) in [7, 11) is 0. The molecule has 3 unspecified atom stereocenters. The van der Waals surface area contributed by atoms with Gasteiger partial charge in [-0.1, -0.05) is 25.5 Å². The Kier molecular flexibility index (Phi) is 8.03. The summed E-state index contributed by atoms with van der Waals surface area (Å²) >= 11 is 0. The number of nitrogens with zero attached hydrogens (tertiary/aromatic N) is 5. The molecule has 2 aromatic heterocycles. The van der Waals surface area contributed by atoms with Crippen molar-refractivity contribution in [2.75, 3.05) is 31.1 Å². The molecule has 1 aromatic carbocycles. The van der Waals surface area contributed by atoms with Crippen LogP contribution in [0.5, 0.6) is 5.75 Å². The molecule has 0 saturated carbocycles. The molecule has 2 aliphatic heterocycles. The van der Waals surface area contributed by atoms with Crippen LogP contribution in [0, 0.1) is 5.92 Å². The van der Waals surface area contributed by atoms with Crippen LogP contribution in [0.2, 0.25) is 0 Å². The predicted octanol–water partition coefficient (Wildman–Crippen LogP) is 3.61. The van der Waals surface area contributed by atoms with Crippen LogP contribution < -0.4 is 9.64 Å². The van der Waals surface area contributed by atoms with Crippen LogP contribution in [0.1, 0.15) is 43.2 Å². The van der Waals surface area contributed by atoms with Gasteiger partial charge in [-0.25, -0.2) is 4.98 Å². The third-order valence-corrected chi connectivity index (χ3v) is 7.75. The number of aryl methyl sites for hydroxylation is 1. The lowest BCUT2D eigenvalue weighted by Gasteiger charge is -2.29. The number of hydrogen-bond acceptors (Lipinski definition) is 6. The average molecular weight is 518 g/mol. The first kappa shape index (κ1) is 25.9. The highest BCUT2D eigenvalue weighted by atomic mass is 16.5. The Hall–Kier alpha value is -3.72. The number of amides is 1. The maximum atomic E-state index is 13.7. The van der Waals surface area contributed by atoms with E-state index in [4.69, 9.17) is 4.74 Å². The first-order valence-corrected chi connectivity index (χ1v) is 13.4. The highest BCUT2D eigenvalue weighted by Gasteiger charge is 2.47. The van der Waals surface area contributed by atoms with Crippen molar-refractivity contribution in [3.8, 4) is 5.75 Å². The average Bonchev–Trinajstić information content (AvgIpc) is 3.68. The molecule has 1 N–H and O–H groups in total. The van der Waals surface area contributed by atoms with Gasteiger partial charge < -0.3 is 19.3 Å². The lowest BCUT2D eigenvalue weighted by molar-refractivity contribution is -0.143. The number of carbonyl (C=O) groups is 2. The number of carboxylic acid groups (broad SMARTS) is 1. The quantitative estimate of drug-likeness (QED) is 0.415. The molecular weight excluding hydrogens is 482 g/mol. The number of ether oxygens (including phenoxy) is 1. The number of carboxylic acids is 1. The normalized spacial score (nSPS) is 20.7. The largest absolute Gasteiger partial charge is 0.493 e. The first-order valence-electron chi connectivity index (χ1n) is 13.4. The van der Waals surface area contributed by atoms with Gasteiger partial charge in [-0.2, -0.15) is 0 Å². The highest BCUT2D eigenvalue weighted by molar-refractivity contribution is 5.94. The van der Waals surface area contributed by atoms with Crippen molar-refractivity contribution in [3.63, 3.8) is 0 Å². The number of aromatic nitrogens is 3. The van der Waals surface area contributed by atoms with Gasteiger partial charge in [0.1, 0.15) is 5.75 Å². The molecular formula is C29H35N5O4. The zero-order chi connectivity index (χ0) is 26.5. The van der Waals surface area contributed by atoms with Crippen molar-refractivity contribution in [1.29, 1.82) is 0 Å². The number of imidazole rings is 1. The fourth-order valence-electron chi connectivity index (χ4n) is 5.81. The number of carbonyl (C=O) groups excluding carboxylic acids is 1. The Labute approximate surface area is 223 Å². The number of likely N-dealkylation sites (tertiary alicyclic amines) is 1. The summed E-state index contributed by atoms with van der Waals surface area (Å²) in [5.74, 6) is -0.834. The van der Waals surface area contributed by atoms with E-state index in [9.17, 15) is 14.7 Å². The summed E-state index contributed by atoms with van der Waals surface area (Å²) in [6, 6.07) is 9.49. The third kappa shape index (κ3) is 5.57. The maximum absolute atomic E-state index is 13.7. The van der Waals surface area contributed by atoms with Crippen LogP contribution in [0.3, 0.4) is 0 Å². The first-order chi connectivity index (χ1) is 18.5. The molecule has 1 saturated heterocycles. The van der Waals surface area contributed by atoms with Crippen molar-refractivity contribution in [1.82, 2.24) is 19.4 Å². The molecule has 0 bridgehead atoms. The smallest absolute Gasteiger partial charge is 0.308 e. The number of benzene rings is 1. The Bertz CT molecular complexity index is 1230. The van der Waals surface area contributed by atoms with E-state index in [1.165, 1.54) is 0 Å². The fraction of sp³-hybridized carbons (Fsp3) is 0.448. The van der Waals surface area contributed by atoms with Crippen LogP contribution in [0.15, 0.2) is 61.4 Å². The summed E-state index contributed by atoms with van der Waals surface area (Å²) in [5, 5.41) is 10.4. The molecule has 0 radical (unpaired) electrons. The number of anilines is 1. The molecule has 5 rings (SSSR count). The number of hydrogen-bond donors (Lipinski definition) is 1. The molecule has 9 heteroatoms. The van der Waals surface area contributed by atoms with E-state index in [0.29, 0.717) is 32.7 Å². The Balaban J connectivity index is 1.43. The Morgan fingerprint density at radius 2 is 2.11 bits per heavy atom. The van der Waals surface area contributed by atoms with Crippen molar-refractivity contribution in [2.24, 2.45) is 5.92 Å². The van der Waals surface area contributed by atoms with Gasteiger partial charge in [0.25, 0.3) is 0 Å². The molecule has 38 heavy (non-hydrogen) atoms. The van der Waals surface area contributed by atoms with Crippen LogP contribution in [-0.2, 0) is 22.6 Å². The van der Waals surface area contributed by atoms with Crippen molar-refractivity contribution >= 4 is 17.6 Å². The van der Waals surface area contributed by atoms with Gasteiger partial charge in [-0.3, -0.25) is 19.5 Å². The van der Waals surface area contributed by atoms with E-state index >= 15 is 0 Å². The monoisotopic (exact) mass is 517 g/mol. The number of fused-ring (bicyclic) bond motifs is 1. The van der Waals surface area contributed by atoms with Gasteiger partial charge in [-0.15, -0.1) is 0 Å². The zero-order valence-corrected chi connectivity index (χ0v) is 21.8. The van der Waals surface area contributed by atoms with Crippen LogP contribution in [0.4, 0.5) is 5.69 Å². The lowest BCUT2D eigenvalue weighted by Crippen LogP contribution is -2.45. The fourth-order valence-corrected chi connectivity index (χ4v) is 5.81. The van der Waals surface area contributed by atoms with E-state index in [0.717, 1.165) is 41.8 Å². The Morgan fingerprint density at radius 3 is 2.84 bits per heavy atom. The van der Waals surface area contributed by atoms with Crippen LogP contribution >= 0.6 is 0 Å². The molecule has 2 aliphatic rings. The summed E-state index contributed by atoms with van der Waals surface area (Å²) in [6.45, 7) is 4.65. The molecule has 1 amide bonds. The number of unbranched alkanes of at least 4 members (excludes halogenated alkanes) is 1. The van der Waals surface area contributed by atoms with Crippen LogP contribution in [-0.4, -0.2) is 68.7 Å². The standard InChI is InChI=1S/C29H35N5O4/c1-2-3-12-34(23-5-4-10-30-17-23)27(35)19-33-18-24(21-6-7-26-22(16-21)9-15-38-26)28(29(36)37)25(33)8-13-32-14-11-31-20-32/h4-7,10-11,14,16-17,20,24-25,28H,2-3,8-9,12-13,15,18-19H2,1H3,(H,36,37). The van der Waals surface area contributed by atoms with Gasteiger partial charge in [0.2, 0.25) is 5.91 Å². The highest BCUT2D eigenvalue weighted by Crippen LogP contribution is 2.41. The van der Waals surface area contributed by atoms with Crippen molar-refractivity contribution in [2.45, 2.75) is 51.1 Å². The Morgan fingerprint density at radius 1 is 1.21 bits per heavy atom. The molecule has 3 aromatic rings. The van der Waals surface area contributed by atoms with E-state index in [1.54, 1.807) is 29.8 Å². The number of aliphatic carboxylic acids is 1. The molecule has 200 valence electrons. The molecule has 1 fully saturated rings. The predicted molar refractivity (Wildman–Crippen MR) is 143 cm³/mol. The van der Waals surface area contributed by atoms with Crippen molar-refractivity contribution in [3.05, 3.63) is 72.6 Å². The lowest BCUT2D eigenvalue weighted by atomic mass is 9.83. The van der Waals surface area contributed by atoms with Gasteiger partial charge in [0.15, 0.2) is 0 Å². The summed E-state index contributed by atoms with van der Waals surface area (Å²) in [5.41, 5.74) is 2.89. The second kappa shape index (κ2) is 11.8. The second-order valence-electron chi connectivity index (χ2n) is 10.1. The van der Waals surface area contributed by atoms with E-state index < -0.39 is 11.9 Å². The SMILES string of the molecule is CCCCN(C(=O)CN1CC(c2ccc3c(c2)CCO3)C(C(=O)O)C1CCn1ccnc1)c1cccnc1. The molecule has 9 nitrogen and oxygen atoms in total. The summed E-state index contributed by atoms with van der Waals surface area (Å²) in [4.78, 5) is 38.7. The van der Waals surface area contributed by atoms with Gasteiger partial charge in [0, 0.05) is 56.6 Å². The summed E-state index contributed by atoms with van der Waals surface area (Å²) in [6.07, 6.45) is 12.0. The van der Waals surface area contributed by atoms with Gasteiger partial charge >= 0.3 is 5.97 Å². The summed E-state index contributed by atoms with van der Waals surface area (Å²) < 4.78 is 7.64. The molecule has 0 spiro atoms.